The van der Waals surface area contributed by atoms with E-state index < -0.39 is 5.82 Å². The number of halogens is 2. The molecule has 18 heavy (non-hydrogen) atoms. The van der Waals surface area contributed by atoms with Crippen molar-refractivity contribution in [2.45, 2.75) is 0 Å². The van der Waals surface area contributed by atoms with Crippen molar-refractivity contribution in [1.82, 2.24) is 9.78 Å². The van der Waals surface area contributed by atoms with Gasteiger partial charge in [0, 0.05) is 25.0 Å². The van der Waals surface area contributed by atoms with E-state index in [0.29, 0.717) is 16.6 Å². The van der Waals surface area contributed by atoms with Gasteiger partial charge in [-0.1, -0.05) is 11.6 Å². The van der Waals surface area contributed by atoms with Crippen LogP contribution in [0.4, 0.5) is 15.9 Å². The van der Waals surface area contributed by atoms with E-state index in [2.05, 4.69) is 15.7 Å². The summed E-state index contributed by atoms with van der Waals surface area (Å²) in [6.45, 7) is 0. The number of nitrogens with zero attached hydrogens (tertiary/aromatic N) is 2. The van der Waals surface area contributed by atoms with Crippen molar-refractivity contribution in [1.29, 1.82) is 0 Å². The predicted molar refractivity (Wildman–Crippen MR) is 74.5 cm³/mol. The lowest BCUT2D eigenvalue weighted by Crippen LogP contribution is -2.19. The lowest BCUT2D eigenvalue weighted by atomic mass is 10.3. The predicted octanol–water partition coefficient (Wildman–Crippen LogP) is 3.02. The number of hydrogen-bond acceptors (Lipinski definition) is 2. The highest BCUT2D eigenvalue weighted by atomic mass is 35.5. The first-order valence-electron chi connectivity index (χ1n) is 5.07. The fourth-order valence-electron chi connectivity index (χ4n) is 1.33. The van der Waals surface area contributed by atoms with Gasteiger partial charge >= 0.3 is 0 Å². The van der Waals surface area contributed by atoms with Crippen LogP contribution in [0.2, 0.25) is 5.02 Å². The second-order valence-electron chi connectivity index (χ2n) is 3.58. The third-order valence-electron chi connectivity index (χ3n) is 2.13. The summed E-state index contributed by atoms with van der Waals surface area (Å²) in [7, 11) is 1.81. The van der Waals surface area contributed by atoms with Crippen LogP contribution in [0, 0.1) is 5.82 Å². The number of nitrogens with one attached hydrogen (secondary N) is 2. The molecule has 0 saturated heterocycles. The van der Waals surface area contributed by atoms with E-state index in [1.54, 1.807) is 30.1 Å². The topological polar surface area (TPSA) is 41.9 Å². The monoisotopic (exact) mass is 284 g/mol. The molecular weight excluding hydrogens is 275 g/mol. The molecule has 0 radical (unpaired) electrons. The minimum atomic E-state index is -0.467. The normalized spacial score (nSPS) is 10.2. The molecule has 94 valence electrons. The van der Waals surface area contributed by atoms with Gasteiger partial charge in [-0.3, -0.25) is 4.68 Å². The summed E-state index contributed by atoms with van der Waals surface area (Å²) in [5.41, 5.74) is 0.606. The van der Waals surface area contributed by atoms with Crippen molar-refractivity contribution in [3.63, 3.8) is 0 Å². The first-order valence-corrected chi connectivity index (χ1v) is 5.86. The highest BCUT2D eigenvalue weighted by Gasteiger charge is 2.04. The minimum Gasteiger partial charge on any atom is -0.332 e. The molecule has 0 bridgehead atoms. The fraction of sp³-hybridized carbons (Fsp3) is 0.0909. The van der Waals surface area contributed by atoms with Crippen LogP contribution in [-0.4, -0.2) is 14.9 Å². The van der Waals surface area contributed by atoms with Gasteiger partial charge in [0.1, 0.15) is 5.82 Å². The van der Waals surface area contributed by atoms with Crippen molar-refractivity contribution < 1.29 is 4.39 Å². The molecule has 2 N–H and O–H groups in total. The average Bonchev–Trinajstić information content (AvgIpc) is 2.69. The smallest absolute Gasteiger partial charge is 0.176 e. The standard InChI is InChI=1S/C11H10ClFN4S/c1-17-5-4-10(16-17)15-11(18)14-7-2-3-9(13)8(12)6-7/h2-6H,1H3,(H2,14,15,16,18). The Bertz CT molecular complexity index is 584. The summed E-state index contributed by atoms with van der Waals surface area (Å²) < 4.78 is 14.6. The fourth-order valence-corrected chi connectivity index (χ4v) is 1.74. The summed E-state index contributed by atoms with van der Waals surface area (Å²) in [4.78, 5) is 0. The van der Waals surface area contributed by atoms with Crippen LogP contribution >= 0.6 is 23.8 Å². The quantitative estimate of drug-likeness (QED) is 0.832. The van der Waals surface area contributed by atoms with E-state index in [0.717, 1.165) is 0 Å². The van der Waals surface area contributed by atoms with Crippen LogP contribution in [-0.2, 0) is 7.05 Å². The van der Waals surface area contributed by atoms with Gasteiger partial charge in [0.15, 0.2) is 10.9 Å². The first-order chi connectivity index (χ1) is 8.54. The molecule has 1 aromatic carbocycles. The number of benzene rings is 1. The molecule has 2 aromatic rings. The number of anilines is 2. The van der Waals surface area contributed by atoms with E-state index in [9.17, 15) is 4.39 Å². The molecule has 0 atom stereocenters. The Morgan fingerprint density at radius 1 is 1.39 bits per heavy atom. The Morgan fingerprint density at radius 2 is 2.17 bits per heavy atom. The van der Waals surface area contributed by atoms with Gasteiger partial charge in [0.05, 0.1) is 5.02 Å². The molecule has 4 nitrogen and oxygen atoms in total. The van der Waals surface area contributed by atoms with E-state index in [-0.39, 0.29) is 5.02 Å². The number of thiocarbonyl (C=S) groups is 1. The van der Waals surface area contributed by atoms with Crippen LogP contribution in [0.25, 0.3) is 0 Å². The zero-order valence-corrected chi connectivity index (χ0v) is 11.0. The highest BCUT2D eigenvalue weighted by Crippen LogP contribution is 2.19. The van der Waals surface area contributed by atoms with Crippen molar-refractivity contribution >= 4 is 40.4 Å². The maximum absolute atomic E-state index is 13.0. The summed E-state index contributed by atoms with van der Waals surface area (Å²) in [6, 6.07) is 6.07. The maximum atomic E-state index is 13.0. The van der Waals surface area contributed by atoms with E-state index in [1.807, 2.05) is 0 Å². The molecule has 0 aliphatic heterocycles. The zero-order valence-electron chi connectivity index (χ0n) is 9.45. The lowest BCUT2D eigenvalue weighted by Gasteiger charge is -2.08. The second kappa shape index (κ2) is 5.32. The van der Waals surface area contributed by atoms with Gasteiger partial charge in [-0.25, -0.2) is 4.39 Å². The molecule has 0 aliphatic carbocycles. The highest BCUT2D eigenvalue weighted by molar-refractivity contribution is 7.80. The molecule has 2 rings (SSSR count). The summed E-state index contributed by atoms with van der Waals surface area (Å²) in [5.74, 6) is 0.161. The Hall–Kier alpha value is -1.66. The number of hydrogen-bond donors (Lipinski definition) is 2. The third kappa shape index (κ3) is 3.18. The van der Waals surface area contributed by atoms with Gasteiger partial charge in [0.25, 0.3) is 0 Å². The summed E-state index contributed by atoms with van der Waals surface area (Å²) in [5, 5.41) is 10.3. The molecule has 0 spiro atoms. The van der Waals surface area contributed by atoms with E-state index in [1.165, 1.54) is 12.1 Å². The molecule has 1 aromatic heterocycles. The Kier molecular flexibility index (Phi) is 3.78. The van der Waals surface area contributed by atoms with Crippen LogP contribution in [0.1, 0.15) is 0 Å². The molecule has 0 amide bonds. The SMILES string of the molecule is Cn1ccc(NC(=S)Nc2ccc(F)c(Cl)c2)n1. The Balaban J connectivity index is 2.00. The maximum Gasteiger partial charge on any atom is 0.176 e. The number of aryl methyl sites for hydroxylation is 1. The van der Waals surface area contributed by atoms with E-state index in [4.69, 9.17) is 23.8 Å². The molecular formula is C11H10ClFN4S. The van der Waals surface area contributed by atoms with Gasteiger partial charge in [-0.2, -0.15) is 5.10 Å². The van der Waals surface area contributed by atoms with Crippen LogP contribution in [0.3, 0.4) is 0 Å². The van der Waals surface area contributed by atoms with Crippen LogP contribution < -0.4 is 10.6 Å². The molecule has 7 heteroatoms. The minimum absolute atomic E-state index is 0.0423. The average molecular weight is 285 g/mol. The Labute approximate surface area is 114 Å². The Morgan fingerprint density at radius 3 is 2.78 bits per heavy atom. The summed E-state index contributed by atoms with van der Waals surface area (Å²) >= 11 is 10.8. The molecule has 0 fully saturated rings. The first kappa shape index (κ1) is 12.8. The molecule has 1 heterocycles. The van der Waals surface area contributed by atoms with Crippen LogP contribution in [0.15, 0.2) is 30.5 Å². The van der Waals surface area contributed by atoms with Crippen molar-refractivity contribution in [3.05, 3.63) is 41.3 Å². The van der Waals surface area contributed by atoms with Crippen molar-refractivity contribution in [3.8, 4) is 0 Å². The molecule has 0 unspecified atom stereocenters. The lowest BCUT2D eigenvalue weighted by molar-refractivity contribution is 0.628. The van der Waals surface area contributed by atoms with Gasteiger partial charge in [0.2, 0.25) is 0 Å². The van der Waals surface area contributed by atoms with Crippen molar-refractivity contribution in [2.75, 3.05) is 10.6 Å². The van der Waals surface area contributed by atoms with Gasteiger partial charge < -0.3 is 10.6 Å². The number of rotatable bonds is 2. The summed E-state index contributed by atoms with van der Waals surface area (Å²) in [6.07, 6.45) is 1.79. The van der Waals surface area contributed by atoms with Crippen molar-refractivity contribution in [2.24, 2.45) is 7.05 Å². The molecule has 0 aliphatic rings. The van der Waals surface area contributed by atoms with Gasteiger partial charge in [-0.15, -0.1) is 0 Å². The second-order valence-corrected chi connectivity index (χ2v) is 4.40. The van der Waals surface area contributed by atoms with Crippen LogP contribution in [0.5, 0.6) is 0 Å². The van der Waals surface area contributed by atoms with E-state index >= 15 is 0 Å². The molecule has 0 saturated carbocycles. The number of aromatic nitrogens is 2. The largest absolute Gasteiger partial charge is 0.332 e. The zero-order chi connectivity index (χ0) is 13.1. The van der Waals surface area contributed by atoms with Gasteiger partial charge in [-0.05, 0) is 30.4 Å². The third-order valence-corrected chi connectivity index (χ3v) is 2.63.